The molecule has 1 aliphatic carbocycles. The van der Waals surface area contributed by atoms with Gasteiger partial charge in [-0.2, -0.15) is 0 Å². The third-order valence-corrected chi connectivity index (χ3v) is 5.09. The summed E-state index contributed by atoms with van der Waals surface area (Å²) in [6.07, 6.45) is 4.56. The van der Waals surface area contributed by atoms with Crippen molar-refractivity contribution in [2.45, 2.75) is 58.2 Å². The van der Waals surface area contributed by atoms with Crippen LogP contribution in [0.1, 0.15) is 40.0 Å². The van der Waals surface area contributed by atoms with Crippen LogP contribution in [0.4, 0.5) is 0 Å². The lowest BCUT2D eigenvalue weighted by Gasteiger charge is -2.44. The number of nitrogens with one attached hydrogen (secondary N) is 1. The molecular formula is C19H33N3O4. The summed E-state index contributed by atoms with van der Waals surface area (Å²) in [5.74, 6) is 0.0442. The molecule has 0 bridgehead atoms. The number of ether oxygens (including phenoxy) is 2. The standard InChI is InChI=1S/C19H33N3O4/c1-4-25-12-14-7-6-8-22(11-14)17-10-15(19(24)26-5-2)9-16(20)18(17)21-13(3)23/h10,14,16-18H,4-9,11-12,20H2,1-3H3,(H,21,23)/t14-,16-,17+,18+/m0/s1. The number of esters is 1. The van der Waals surface area contributed by atoms with E-state index in [0.29, 0.717) is 31.1 Å². The van der Waals surface area contributed by atoms with Crippen molar-refractivity contribution in [1.29, 1.82) is 0 Å². The van der Waals surface area contributed by atoms with Crippen LogP contribution in [0.3, 0.4) is 0 Å². The van der Waals surface area contributed by atoms with Gasteiger partial charge in [-0.1, -0.05) is 6.08 Å². The number of rotatable bonds is 7. The number of likely N-dealkylation sites (tertiary alicyclic amines) is 1. The molecule has 2 rings (SSSR count). The Morgan fingerprint density at radius 1 is 1.35 bits per heavy atom. The Morgan fingerprint density at radius 2 is 2.12 bits per heavy atom. The summed E-state index contributed by atoms with van der Waals surface area (Å²) in [5, 5.41) is 2.99. The maximum atomic E-state index is 12.2. The molecule has 0 radical (unpaired) electrons. The number of amides is 1. The zero-order valence-electron chi connectivity index (χ0n) is 16.2. The van der Waals surface area contributed by atoms with E-state index in [9.17, 15) is 9.59 Å². The number of hydrogen-bond acceptors (Lipinski definition) is 6. The second kappa shape index (κ2) is 10.0. The van der Waals surface area contributed by atoms with Crippen LogP contribution in [0.25, 0.3) is 0 Å². The highest BCUT2D eigenvalue weighted by atomic mass is 16.5. The highest BCUT2D eigenvalue weighted by Crippen LogP contribution is 2.27. The predicted octanol–water partition coefficient (Wildman–Crippen LogP) is 0.829. The predicted molar refractivity (Wildman–Crippen MR) is 99.5 cm³/mol. The van der Waals surface area contributed by atoms with Crippen molar-refractivity contribution in [3.63, 3.8) is 0 Å². The summed E-state index contributed by atoms with van der Waals surface area (Å²) in [7, 11) is 0. The van der Waals surface area contributed by atoms with Gasteiger partial charge in [-0.25, -0.2) is 4.79 Å². The first-order valence-corrected chi connectivity index (χ1v) is 9.68. The van der Waals surface area contributed by atoms with Crippen LogP contribution in [0, 0.1) is 5.92 Å². The second-order valence-electron chi connectivity index (χ2n) is 7.16. The van der Waals surface area contributed by atoms with Crippen molar-refractivity contribution < 1.29 is 19.1 Å². The van der Waals surface area contributed by atoms with Gasteiger partial charge in [-0.15, -0.1) is 0 Å². The lowest BCUT2D eigenvalue weighted by atomic mass is 9.84. The Labute approximate surface area is 156 Å². The Morgan fingerprint density at radius 3 is 2.77 bits per heavy atom. The molecule has 1 heterocycles. The molecule has 26 heavy (non-hydrogen) atoms. The largest absolute Gasteiger partial charge is 0.463 e. The highest BCUT2D eigenvalue weighted by molar-refractivity contribution is 5.89. The summed E-state index contributed by atoms with van der Waals surface area (Å²) in [6, 6.07) is -0.636. The van der Waals surface area contributed by atoms with Crippen LogP contribution >= 0.6 is 0 Å². The van der Waals surface area contributed by atoms with Gasteiger partial charge in [0.2, 0.25) is 5.91 Å². The molecule has 7 nitrogen and oxygen atoms in total. The molecule has 1 saturated heterocycles. The Bertz CT molecular complexity index is 523. The van der Waals surface area contributed by atoms with Gasteiger partial charge < -0.3 is 20.5 Å². The van der Waals surface area contributed by atoms with Crippen LogP contribution in [0.5, 0.6) is 0 Å². The van der Waals surface area contributed by atoms with E-state index >= 15 is 0 Å². The third kappa shape index (κ3) is 5.53. The number of piperidine rings is 1. The summed E-state index contributed by atoms with van der Waals surface area (Å²) in [5.41, 5.74) is 6.96. The number of hydrogen-bond donors (Lipinski definition) is 2. The van der Waals surface area contributed by atoms with Crippen molar-refractivity contribution in [1.82, 2.24) is 10.2 Å². The molecular weight excluding hydrogens is 334 g/mol. The van der Waals surface area contributed by atoms with E-state index in [1.165, 1.54) is 6.92 Å². The summed E-state index contributed by atoms with van der Waals surface area (Å²) < 4.78 is 10.8. The smallest absolute Gasteiger partial charge is 0.333 e. The minimum Gasteiger partial charge on any atom is -0.463 e. The lowest BCUT2D eigenvalue weighted by Crippen LogP contribution is -2.62. The van der Waals surface area contributed by atoms with Gasteiger partial charge in [0.1, 0.15) is 0 Å². The molecule has 0 saturated carbocycles. The molecule has 0 spiro atoms. The van der Waals surface area contributed by atoms with Gasteiger partial charge in [0.15, 0.2) is 0 Å². The van der Waals surface area contributed by atoms with Gasteiger partial charge in [0, 0.05) is 31.7 Å². The SMILES string of the molecule is CCOC[C@H]1CCCN([C@@H]2C=C(C(=O)OCC)C[C@H](N)[C@H]2NC(C)=O)C1. The van der Waals surface area contributed by atoms with Crippen LogP contribution in [0.2, 0.25) is 0 Å². The fraction of sp³-hybridized carbons (Fsp3) is 0.789. The fourth-order valence-electron chi connectivity index (χ4n) is 3.94. The zero-order chi connectivity index (χ0) is 19.1. The molecule has 148 valence electrons. The van der Waals surface area contributed by atoms with Gasteiger partial charge in [0.05, 0.1) is 25.3 Å². The van der Waals surface area contributed by atoms with Crippen molar-refractivity contribution in [2.24, 2.45) is 11.7 Å². The van der Waals surface area contributed by atoms with E-state index in [4.69, 9.17) is 15.2 Å². The molecule has 0 aromatic heterocycles. The van der Waals surface area contributed by atoms with E-state index in [2.05, 4.69) is 10.2 Å². The van der Waals surface area contributed by atoms with Gasteiger partial charge in [0.25, 0.3) is 0 Å². The first-order chi connectivity index (χ1) is 12.5. The minimum atomic E-state index is -0.319. The van der Waals surface area contributed by atoms with Crippen molar-refractivity contribution >= 4 is 11.9 Å². The number of nitrogens with two attached hydrogens (primary N) is 1. The van der Waals surface area contributed by atoms with Crippen LogP contribution in [-0.2, 0) is 19.1 Å². The van der Waals surface area contributed by atoms with E-state index in [0.717, 1.165) is 32.5 Å². The molecule has 1 amide bonds. The van der Waals surface area contributed by atoms with Crippen LogP contribution in [0.15, 0.2) is 11.6 Å². The average molecular weight is 367 g/mol. The molecule has 1 aliphatic heterocycles. The number of nitrogens with zero attached hydrogens (tertiary/aromatic N) is 1. The molecule has 4 atom stereocenters. The van der Waals surface area contributed by atoms with E-state index in [1.807, 2.05) is 13.0 Å². The van der Waals surface area contributed by atoms with Gasteiger partial charge in [-0.05, 0) is 45.6 Å². The fourth-order valence-corrected chi connectivity index (χ4v) is 3.94. The topological polar surface area (TPSA) is 93.9 Å². The number of carbonyl (C=O) groups excluding carboxylic acids is 2. The lowest BCUT2D eigenvalue weighted by molar-refractivity contribution is -0.138. The van der Waals surface area contributed by atoms with Crippen LogP contribution in [-0.4, -0.2) is 67.8 Å². The molecule has 0 aromatic carbocycles. The summed E-state index contributed by atoms with van der Waals surface area (Å²) >= 11 is 0. The quantitative estimate of drug-likeness (QED) is 0.648. The minimum absolute atomic E-state index is 0.105. The van der Waals surface area contributed by atoms with Crippen molar-refractivity contribution in [3.8, 4) is 0 Å². The number of carbonyl (C=O) groups is 2. The van der Waals surface area contributed by atoms with E-state index < -0.39 is 0 Å². The Balaban J connectivity index is 2.20. The first-order valence-electron chi connectivity index (χ1n) is 9.68. The molecule has 3 N–H and O–H groups in total. The third-order valence-electron chi connectivity index (χ3n) is 5.09. The molecule has 2 aliphatic rings. The monoisotopic (exact) mass is 367 g/mol. The summed E-state index contributed by atoms with van der Waals surface area (Å²) in [4.78, 5) is 26.3. The van der Waals surface area contributed by atoms with Crippen molar-refractivity contribution in [2.75, 3.05) is 32.9 Å². The molecule has 0 unspecified atom stereocenters. The maximum absolute atomic E-state index is 12.2. The van der Waals surface area contributed by atoms with Crippen molar-refractivity contribution in [3.05, 3.63) is 11.6 Å². The molecule has 0 aromatic rings. The highest BCUT2D eigenvalue weighted by Gasteiger charge is 2.38. The van der Waals surface area contributed by atoms with Gasteiger partial charge >= 0.3 is 5.97 Å². The van der Waals surface area contributed by atoms with E-state index in [1.54, 1.807) is 6.92 Å². The average Bonchev–Trinajstić information content (AvgIpc) is 2.61. The van der Waals surface area contributed by atoms with Gasteiger partial charge in [-0.3, -0.25) is 9.69 Å². The Hall–Kier alpha value is -1.44. The summed E-state index contributed by atoms with van der Waals surface area (Å²) in [6.45, 7) is 8.89. The maximum Gasteiger partial charge on any atom is 0.333 e. The molecule has 7 heteroatoms. The molecule has 1 fully saturated rings. The van der Waals surface area contributed by atoms with Crippen LogP contribution < -0.4 is 11.1 Å². The zero-order valence-corrected chi connectivity index (χ0v) is 16.2. The van der Waals surface area contributed by atoms with E-state index in [-0.39, 0.29) is 30.0 Å². The second-order valence-corrected chi connectivity index (χ2v) is 7.16. The first kappa shape index (κ1) is 20.9. The Kier molecular flexibility index (Phi) is 8.06. The normalized spacial score (nSPS) is 29.8.